The second-order valence-electron chi connectivity index (χ2n) is 12.7. The van der Waals surface area contributed by atoms with Gasteiger partial charge in [-0.3, -0.25) is 4.79 Å². The van der Waals surface area contributed by atoms with E-state index in [0.29, 0.717) is 6.54 Å². The molecule has 1 saturated heterocycles. The predicted octanol–water partition coefficient (Wildman–Crippen LogP) is 6.04. The highest BCUT2D eigenvalue weighted by molar-refractivity contribution is 5.97. The molecule has 3 aliphatic rings. The van der Waals surface area contributed by atoms with Crippen LogP contribution < -0.4 is 20.9 Å². The standard InChI is InChI=1S/C36H46N6O3/c1-45-36(44)42(31-15-13-30(37)14-16-31)25-26-7-6-10-28(23-26)29-12-17-33(32(24-29)39-35(43)27-8-2-3-9-27)40-19-21-41(22-20-40)34-11-4-5-18-38-34/h4-7,10-12,17-18,23-24,27,30-31H,2-3,8-9,13-16,19-22,25,37H2,1H3,(H,39,43). The maximum atomic E-state index is 13.4. The number of nitrogens with two attached hydrogens (primary N) is 1. The van der Waals surface area contributed by atoms with Crippen LogP contribution in [0.5, 0.6) is 0 Å². The second-order valence-corrected chi connectivity index (χ2v) is 12.7. The molecule has 2 heterocycles. The number of hydrogen-bond donors (Lipinski definition) is 2. The third-order valence-electron chi connectivity index (χ3n) is 9.78. The maximum Gasteiger partial charge on any atom is 0.410 e. The summed E-state index contributed by atoms with van der Waals surface area (Å²) >= 11 is 0. The van der Waals surface area contributed by atoms with E-state index in [1.807, 2.05) is 29.3 Å². The Balaban J connectivity index is 1.23. The molecular weight excluding hydrogens is 564 g/mol. The lowest BCUT2D eigenvalue weighted by Crippen LogP contribution is -2.47. The molecular formula is C36H46N6O3. The fourth-order valence-electron chi connectivity index (χ4n) is 7.15. The SMILES string of the molecule is COC(=O)N(Cc1cccc(-c2ccc(N3CCN(c4ccccn4)CC3)c(NC(=O)C3CCCC3)c2)c1)C1CCC(N)CC1. The van der Waals surface area contributed by atoms with Gasteiger partial charge in [-0.1, -0.05) is 43.2 Å². The maximum absolute atomic E-state index is 13.4. The number of aromatic nitrogens is 1. The number of nitrogens with one attached hydrogen (secondary N) is 1. The summed E-state index contributed by atoms with van der Waals surface area (Å²) in [6.45, 7) is 3.88. The first-order valence-corrected chi connectivity index (χ1v) is 16.5. The number of methoxy groups -OCH3 is 1. The summed E-state index contributed by atoms with van der Waals surface area (Å²) in [5.41, 5.74) is 11.2. The second kappa shape index (κ2) is 14.3. The highest BCUT2D eigenvalue weighted by atomic mass is 16.5. The molecule has 9 heteroatoms. The Morgan fingerprint density at radius 2 is 1.62 bits per heavy atom. The molecule has 2 amide bonds. The molecule has 0 bridgehead atoms. The average Bonchev–Trinajstić information content (AvgIpc) is 3.64. The molecule has 2 aliphatic carbocycles. The number of amides is 2. The number of nitrogens with zero attached hydrogens (tertiary/aromatic N) is 4. The van der Waals surface area contributed by atoms with Gasteiger partial charge in [-0.25, -0.2) is 9.78 Å². The number of rotatable bonds is 8. The van der Waals surface area contributed by atoms with E-state index < -0.39 is 0 Å². The van der Waals surface area contributed by atoms with E-state index in [-0.39, 0.29) is 30.0 Å². The van der Waals surface area contributed by atoms with E-state index in [0.717, 1.165) is 111 Å². The van der Waals surface area contributed by atoms with Crippen molar-refractivity contribution in [3.63, 3.8) is 0 Å². The Bertz CT molecular complexity index is 1440. The Labute approximate surface area is 266 Å². The van der Waals surface area contributed by atoms with Crippen molar-refractivity contribution in [2.24, 2.45) is 11.7 Å². The van der Waals surface area contributed by atoms with Crippen molar-refractivity contribution in [3.8, 4) is 11.1 Å². The zero-order chi connectivity index (χ0) is 31.2. The van der Waals surface area contributed by atoms with E-state index in [1.54, 1.807) is 0 Å². The largest absolute Gasteiger partial charge is 0.453 e. The lowest BCUT2D eigenvalue weighted by molar-refractivity contribution is -0.119. The van der Waals surface area contributed by atoms with Crippen molar-refractivity contribution >= 4 is 29.2 Å². The van der Waals surface area contributed by atoms with Gasteiger partial charge in [-0.2, -0.15) is 0 Å². The first kappa shape index (κ1) is 30.9. The van der Waals surface area contributed by atoms with Crippen LogP contribution in [0.1, 0.15) is 56.9 Å². The number of carbonyl (C=O) groups excluding carboxylic acids is 2. The number of carbonyl (C=O) groups is 2. The molecule has 1 aromatic heterocycles. The van der Waals surface area contributed by atoms with Crippen LogP contribution >= 0.6 is 0 Å². The minimum atomic E-state index is -0.301. The molecule has 3 aromatic rings. The third-order valence-corrected chi connectivity index (χ3v) is 9.78. The van der Waals surface area contributed by atoms with Crippen molar-refractivity contribution in [1.29, 1.82) is 0 Å². The molecule has 2 saturated carbocycles. The highest BCUT2D eigenvalue weighted by Gasteiger charge is 2.29. The van der Waals surface area contributed by atoms with E-state index >= 15 is 0 Å². The van der Waals surface area contributed by atoms with Gasteiger partial charge >= 0.3 is 6.09 Å². The Morgan fingerprint density at radius 1 is 0.889 bits per heavy atom. The van der Waals surface area contributed by atoms with Gasteiger partial charge in [0.05, 0.1) is 18.5 Å². The molecule has 3 N–H and O–H groups in total. The van der Waals surface area contributed by atoms with Gasteiger partial charge in [0, 0.05) is 56.9 Å². The molecule has 0 atom stereocenters. The summed E-state index contributed by atoms with van der Waals surface area (Å²) < 4.78 is 5.18. The Kier molecular flexibility index (Phi) is 9.84. The van der Waals surface area contributed by atoms with Gasteiger partial charge in [0.2, 0.25) is 5.91 Å². The van der Waals surface area contributed by atoms with Crippen LogP contribution in [0.3, 0.4) is 0 Å². The van der Waals surface area contributed by atoms with E-state index in [9.17, 15) is 9.59 Å². The smallest absolute Gasteiger partial charge is 0.410 e. The molecule has 1 aliphatic heterocycles. The van der Waals surface area contributed by atoms with E-state index in [2.05, 4.69) is 62.6 Å². The van der Waals surface area contributed by atoms with E-state index in [4.69, 9.17) is 10.5 Å². The van der Waals surface area contributed by atoms with Gasteiger partial charge in [0.15, 0.2) is 0 Å². The molecule has 6 rings (SSSR count). The van der Waals surface area contributed by atoms with Crippen LogP contribution in [-0.4, -0.2) is 67.3 Å². The quantitative estimate of drug-likeness (QED) is 0.320. The van der Waals surface area contributed by atoms with Crippen molar-refractivity contribution in [1.82, 2.24) is 9.88 Å². The van der Waals surface area contributed by atoms with Crippen LogP contribution in [0.15, 0.2) is 66.9 Å². The molecule has 0 unspecified atom stereocenters. The number of benzene rings is 2. The fourth-order valence-corrected chi connectivity index (χ4v) is 7.15. The van der Waals surface area contributed by atoms with Crippen molar-refractivity contribution in [3.05, 3.63) is 72.4 Å². The average molecular weight is 611 g/mol. The lowest BCUT2D eigenvalue weighted by atomic mass is 9.90. The van der Waals surface area contributed by atoms with Gasteiger partial charge in [0.25, 0.3) is 0 Å². The number of pyridine rings is 1. The number of piperazine rings is 1. The van der Waals surface area contributed by atoms with Crippen molar-refractivity contribution < 1.29 is 14.3 Å². The normalized spacial score (nSPS) is 20.6. The Morgan fingerprint density at radius 3 is 2.33 bits per heavy atom. The van der Waals surface area contributed by atoms with Gasteiger partial charge in [-0.05, 0) is 85.5 Å². The summed E-state index contributed by atoms with van der Waals surface area (Å²) in [5, 5.41) is 3.33. The molecule has 2 aromatic carbocycles. The van der Waals surface area contributed by atoms with Crippen LogP contribution in [0, 0.1) is 5.92 Å². The number of ether oxygens (including phenoxy) is 1. The van der Waals surface area contributed by atoms with Crippen LogP contribution in [0.4, 0.5) is 22.0 Å². The highest BCUT2D eigenvalue weighted by Crippen LogP contribution is 2.35. The Hall–Kier alpha value is -4.11. The minimum absolute atomic E-state index is 0.0736. The molecule has 0 spiro atoms. The molecule has 45 heavy (non-hydrogen) atoms. The molecule has 238 valence electrons. The first-order chi connectivity index (χ1) is 22.0. The van der Waals surface area contributed by atoms with E-state index in [1.165, 1.54) is 7.11 Å². The minimum Gasteiger partial charge on any atom is -0.453 e. The molecule has 9 nitrogen and oxygen atoms in total. The summed E-state index contributed by atoms with van der Waals surface area (Å²) in [6, 6.07) is 21.1. The monoisotopic (exact) mass is 610 g/mol. The summed E-state index contributed by atoms with van der Waals surface area (Å²) in [6.07, 6.45) is 9.28. The predicted molar refractivity (Wildman–Crippen MR) is 179 cm³/mol. The summed E-state index contributed by atoms with van der Waals surface area (Å²) in [5.74, 6) is 1.19. The third kappa shape index (κ3) is 7.41. The number of anilines is 3. The topological polar surface area (TPSA) is 104 Å². The van der Waals surface area contributed by atoms with Crippen LogP contribution in [0.25, 0.3) is 11.1 Å². The zero-order valence-electron chi connectivity index (χ0n) is 26.4. The van der Waals surface area contributed by atoms with Gasteiger partial charge in [-0.15, -0.1) is 0 Å². The van der Waals surface area contributed by atoms with Crippen LogP contribution in [-0.2, 0) is 16.1 Å². The van der Waals surface area contributed by atoms with Crippen LogP contribution in [0.2, 0.25) is 0 Å². The molecule has 3 fully saturated rings. The molecule has 0 radical (unpaired) electrons. The van der Waals surface area contributed by atoms with Gasteiger partial charge < -0.3 is 30.5 Å². The van der Waals surface area contributed by atoms with Crippen molar-refractivity contribution in [2.75, 3.05) is 48.4 Å². The van der Waals surface area contributed by atoms with Gasteiger partial charge in [0.1, 0.15) is 5.82 Å². The summed E-state index contributed by atoms with van der Waals surface area (Å²) in [7, 11) is 1.45. The summed E-state index contributed by atoms with van der Waals surface area (Å²) in [4.78, 5) is 37.3. The van der Waals surface area contributed by atoms with Crippen molar-refractivity contribution in [2.45, 2.75) is 70.0 Å². The first-order valence-electron chi connectivity index (χ1n) is 16.5. The number of hydrogen-bond acceptors (Lipinski definition) is 7. The zero-order valence-corrected chi connectivity index (χ0v) is 26.4. The fraction of sp³-hybridized carbons (Fsp3) is 0.472. The lowest BCUT2D eigenvalue weighted by Gasteiger charge is -2.37.